The summed E-state index contributed by atoms with van der Waals surface area (Å²) < 4.78 is 5.32. The number of hydrogen-bond donors (Lipinski definition) is 2. The molecule has 0 saturated carbocycles. The number of amides is 2. The maximum absolute atomic E-state index is 12.1. The number of benzene rings is 2. The molecule has 2 N–H and O–H groups in total. The van der Waals surface area contributed by atoms with E-state index in [1.165, 1.54) is 7.85 Å². The number of ether oxygens (including phenoxy) is 1. The molecule has 2 aromatic carbocycles. The van der Waals surface area contributed by atoms with Crippen molar-refractivity contribution in [2.45, 2.75) is 33.3 Å². The van der Waals surface area contributed by atoms with E-state index in [1.807, 2.05) is 70.2 Å². The molecule has 0 radical (unpaired) electrons. The van der Waals surface area contributed by atoms with Gasteiger partial charge in [-0.3, -0.25) is 10.1 Å². The van der Waals surface area contributed by atoms with E-state index >= 15 is 0 Å². The molecule has 0 aliphatic heterocycles. The molecule has 5 nitrogen and oxygen atoms in total. The molecule has 0 saturated heterocycles. The highest BCUT2D eigenvalue weighted by molar-refractivity contribution is 6.60. The summed E-state index contributed by atoms with van der Waals surface area (Å²) >= 11 is 0. The zero-order chi connectivity index (χ0) is 19.8. The number of carbonyl (C=O) groups excluding carboxylic acids is 2. The van der Waals surface area contributed by atoms with Crippen molar-refractivity contribution in [3.63, 3.8) is 0 Å². The van der Waals surface area contributed by atoms with E-state index in [1.54, 1.807) is 0 Å². The molecule has 138 valence electrons. The number of anilines is 2. The number of allylic oxidation sites excluding steroid dienone is 1. The largest absolute Gasteiger partial charge is 0.444 e. The monoisotopic (exact) mass is 362 g/mol. The molecule has 0 aromatic heterocycles. The van der Waals surface area contributed by atoms with Gasteiger partial charge in [0.25, 0.3) is 0 Å². The molecule has 1 aliphatic rings. The minimum atomic E-state index is -0.550. The molecule has 0 unspecified atom stereocenters. The van der Waals surface area contributed by atoms with Crippen molar-refractivity contribution in [3.05, 3.63) is 53.6 Å². The SMILES string of the molecule is BC(=O)Nc1ccc2c(c1)/C(=C\C)c1cc(NC(=O)OC(C)(C)C)ccc1-2. The van der Waals surface area contributed by atoms with Gasteiger partial charge in [0.1, 0.15) is 5.60 Å². The van der Waals surface area contributed by atoms with Crippen LogP contribution in [0.2, 0.25) is 0 Å². The lowest BCUT2D eigenvalue weighted by Crippen LogP contribution is -2.27. The van der Waals surface area contributed by atoms with Crippen LogP contribution in [0.15, 0.2) is 42.5 Å². The fourth-order valence-corrected chi connectivity index (χ4v) is 3.24. The average Bonchev–Trinajstić information content (AvgIpc) is 2.84. The van der Waals surface area contributed by atoms with Crippen molar-refractivity contribution in [3.8, 4) is 11.1 Å². The van der Waals surface area contributed by atoms with Gasteiger partial charge in [-0.25, -0.2) is 4.79 Å². The molecule has 0 spiro atoms. The van der Waals surface area contributed by atoms with E-state index in [9.17, 15) is 9.59 Å². The van der Waals surface area contributed by atoms with Crippen LogP contribution >= 0.6 is 0 Å². The topological polar surface area (TPSA) is 67.4 Å². The first-order valence-corrected chi connectivity index (χ1v) is 8.91. The highest BCUT2D eigenvalue weighted by Gasteiger charge is 2.24. The number of fused-ring (bicyclic) bond motifs is 3. The van der Waals surface area contributed by atoms with Crippen molar-refractivity contribution in [2.75, 3.05) is 10.6 Å². The Morgan fingerprint density at radius 1 is 0.926 bits per heavy atom. The first-order chi connectivity index (χ1) is 12.7. The smallest absolute Gasteiger partial charge is 0.412 e. The van der Waals surface area contributed by atoms with Gasteiger partial charge >= 0.3 is 6.09 Å². The van der Waals surface area contributed by atoms with Gasteiger partial charge in [-0.2, -0.15) is 0 Å². The summed E-state index contributed by atoms with van der Waals surface area (Å²) in [6, 6.07) is 11.7. The molecular formula is C21H23BN2O3. The molecule has 0 atom stereocenters. The van der Waals surface area contributed by atoms with E-state index in [0.29, 0.717) is 5.69 Å². The Labute approximate surface area is 160 Å². The molecule has 0 bridgehead atoms. The normalized spacial score (nSPS) is 13.7. The van der Waals surface area contributed by atoms with Crippen LogP contribution in [0.3, 0.4) is 0 Å². The maximum Gasteiger partial charge on any atom is 0.412 e. The number of hydrogen-bond acceptors (Lipinski definition) is 3. The zero-order valence-corrected chi connectivity index (χ0v) is 16.3. The first kappa shape index (κ1) is 18.8. The van der Waals surface area contributed by atoms with E-state index in [-0.39, 0.29) is 5.81 Å². The van der Waals surface area contributed by atoms with E-state index in [4.69, 9.17) is 4.74 Å². The summed E-state index contributed by atoms with van der Waals surface area (Å²) in [7, 11) is 1.49. The summed E-state index contributed by atoms with van der Waals surface area (Å²) in [5.41, 5.74) is 6.27. The van der Waals surface area contributed by atoms with Crippen molar-refractivity contribution >= 4 is 36.7 Å². The van der Waals surface area contributed by atoms with Crippen LogP contribution in [-0.2, 0) is 4.74 Å². The van der Waals surface area contributed by atoms with Crippen LogP contribution in [0.4, 0.5) is 21.0 Å². The summed E-state index contributed by atoms with van der Waals surface area (Å²) in [6.07, 6.45) is 1.56. The zero-order valence-electron chi connectivity index (χ0n) is 16.3. The molecule has 0 fully saturated rings. The minimum Gasteiger partial charge on any atom is -0.444 e. The Hall–Kier alpha value is -3.02. The predicted octanol–water partition coefficient (Wildman–Crippen LogP) is 4.63. The molecular weight excluding hydrogens is 339 g/mol. The lowest BCUT2D eigenvalue weighted by molar-refractivity contribution is 0.0636. The Bertz CT molecular complexity index is 958. The molecule has 0 heterocycles. The second-order valence-electron chi connectivity index (χ2n) is 7.53. The van der Waals surface area contributed by atoms with E-state index in [0.717, 1.165) is 33.5 Å². The molecule has 1 aliphatic carbocycles. The third-order valence-corrected chi connectivity index (χ3v) is 4.16. The second-order valence-corrected chi connectivity index (χ2v) is 7.53. The number of nitrogens with one attached hydrogen (secondary N) is 2. The minimum absolute atomic E-state index is 0.101. The van der Waals surface area contributed by atoms with E-state index < -0.39 is 11.7 Å². The Kier molecular flexibility index (Phi) is 4.83. The van der Waals surface area contributed by atoms with Gasteiger partial charge in [-0.1, -0.05) is 18.2 Å². The Balaban J connectivity index is 1.93. The van der Waals surface area contributed by atoms with Crippen molar-refractivity contribution in [2.24, 2.45) is 0 Å². The highest BCUT2D eigenvalue weighted by Crippen LogP contribution is 2.46. The van der Waals surface area contributed by atoms with Gasteiger partial charge in [0, 0.05) is 11.4 Å². The highest BCUT2D eigenvalue weighted by atomic mass is 16.6. The summed E-state index contributed by atoms with van der Waals surface area (Å²) in [4.78, 5) is 23.4. The Morgan fingerprint density at radius 2 is 1.44 bits per heavy atom. The third kappa shape index (κ3) is 4.05. The fraction of sp³-hybridized carbons (Fsp3) is 0.238. The lowest BCUT2D eigenvalue weighted by Gasteiger charge is -2.19. The standard InChI is InChI=1S/C21H23BN2O3/c1-5-14-17-10-12(23-19(22)25)6-8-15(17)16-9-7-13(11-18(14)16)24-20(26)27-21(2,3)4/h5-11H,22H2,1-4H3,(H,23,25)(H,24,26)/b14-5+. The fourth-order valence-electron chi connectivity index (χ4n) is 3.24. The van der Waals surface area contributed by atoms with Crippen LogP contribution in [0, 0.1) is 0 Å². The van der Waals surface area contributed by atoms with Crippen molar-refractivity contribution < 1.29 is 14.3 Å². The van der Waals surface area contributed by atoms with Crippen LogP contribution in [0.5, 0.6) is 0 Å². The number of rotatable bonds is 2. The molecule has 27 heavy (non-hydrogen) atoms. The van der Waals surface area contributed by atoms with Crippen LogP contribution < -0.4 is 10.6 Å². The lowest BCUT2D eigenvalue weighted by atomic mass is 10.0. The van der Waals surface area contributed by atoms with Crippen molar-refractivity contribution in [1.82, 2.24) is 0 Å². The van der Waals surface area contributed by atoms with Crippen LogP contribution in [0.1, 0.15) is 38.8 Å². The van der Waals surface area contributed by atoms with Gasteiger partial charge < -0.3 is 10.1 Å². The van der Waals surface area contributed by atoms with Crippen LogP contribution in [-0.4, -0.2) is 25.3 Å². The molecule has 2 aromatic rings. The summed E-state index contributed by atoms with van der Waals surface area (Å²) in [5.74, 6) is -0.101. The average molecular weight is 362 g/mol. The quantitative estimate of drug-likeness (QED) is 0.653. The van der Waals surface area contributed by atoms with Gasteiger partial charge in [-0.05, 0) is 79.8 Å². The van der Waals surface area contributed by atoms with Crippen molar-refractivity contribution in [1.29, 1.82) is 0 Å². The summed E-state index contributed by atoms with van der Waals surface area (Å²) in [6.45, 7) is 7.47. The third-order valence-electron chi connectivity index (χ3n) is 4.16. The van der Waals surface area contributed by atoms with Gasteiger partial charge in [0.15, 0.2) is 5.81 Å². The molecule has 2 amide bonds. The summed E-state index contributed by atoms with van der Waals surface area (Å²) in [5, 5.41) is 5.62. The van der Waals surface area contributed by atoms with Gasteiger partial charge in [-0.15, -0.1) is 0 Å². The predicted molar refractivity (Wildman–Crippen MR) is 112 cm³/mol. The van der Waals surface area contributed by atoms with E-state index in [2.05, 4.69) is 10.6 Å². The first-order valence-electron chi connectivity index (χ1n) is 8.91. The van der Waals surface area contributed by atoms with Gasteiger partial charge in [0.2, 0.25) is 7.85 Å². The Morgan fingerprint density at radius 3 is 1.89 bits per heavy atom. The van der Waals surface area contributed by atoms with Crippen LogP contribution in [0.25, 0.3) is 16.7 Å². The molecule has 3 rings (SSSR count). The number of carbonyl (C=O) groups is 2. The maximum atomic E-state index is 12.1. The molecule has 6 heteroatoms. The second kappa shape index (κ2) is 6.95. The van der Waals surface area contributed by atoms with Gasteiger partial charge in [0.05, 0.1) is 0 Å².